The van der Waals surface area contributed by atoms with Crippen LogP contribution in [0.15, 0.2) is 24.3 Å². The number of anilines is 1. The van der Waals surface area contributed by atoms with Crippen LogP contribution in [-0.4, -0.2) is 11.9 Å². The molecule has 3 N–H and O–H groups in total. The van der Waals surface area contributed by atoms with Crippen molar-refractivity contribution in [3.8, 4) is 0 Å². The Balaban J connectivity index is 2.62. The van der Waals surface area contributed by atoms with Gasteiger partial charge in [0.1, 0.15) is 0 Å². The predicted molar refractivity (Wildman–Crippen MR) is 70.6 cm³/mol. The van der Waals surface area contributed by atoms with Crippen molar-refractivity contribution < 1.29 is 4.79 Å². The van der Waals surface area contributed by atoms with E-state index in [4.69, 9.17) is 5.73 Å². The van der Waals surface area contributed by atoms with E-state index >= 15 is 0 Å². The summed E-state index contributed by atoms with van der Waals surface area (Å²) < 4.78 is 1.14. The molecule has 0 bridgehead atoms. The van der Waals surface area contributed by atoms with Crippen molar-refractivity contribution in [1.29, 1.82) is 0 Å². The molecule has 0 aliphatic carbocycles. The lowest BCUT2D eigenvalue weighted by molar-refractivity contribution is -0.118. The monoisotopic (exact) mass is 318 g/mol. The van der Waals surface area contributed by atoms with Crippen LogP contribution in [0.5, 0.6) is 0 Å². The Morgan fingerprint density at radius 3 is 2.33 bits per heavy atom. The van der Waals surface area contributed by atoms with E-state index in [2.05, 4.69) is 27.9 Å². The Labute approximate surface area is 104 Å². The van der Waals surface area contributed by atoms with Crippen LogP contribution in [0.4, 0.5) is 5.69 Å². The number of carbonyl (C=O) groups excluding carboxylic acids is 1. The van der Waals surface area contributed by atoms with Crippen LogP contribution in [0.1, 0.15) is 13.8 Å². The Hall–Kier alpha value is -0.620. The third kappa shape index (κ3) is 3.79. The number of hydrogen-bond donors (Lipinski definition) is 2. The van der Waals surface area contributed by atoms with E-state index in [1.807, 2.05) is 38.1 Å². The van der Waals surface area contributed by atoms with E-state index in [9.17, 15) is 4.79 Å². The molecule has 0 aromatic heterocycles. The van der Waals surface area contributed by atoms with Crippen molar-refractivity contribution in [3.05, 3.63) is 27.8 Å². The molecule has 1 aromatic carbocycles. The molecule has 1 amide bonds. The molecular formula is C11H15IN2O. The van der Waals surface area contributed by atoms with Crippen molar-refractivity contribution in [2.75, 3.05) is 5.32 Å². The molecule has 3 nitrogen and oxygen atoms in total. The molecule has 0 spiro atoms. The summed E-state index contributed by atoms with van der Waals surface area (Å²) >= 11 is 2.22. The summed E-state index contributed by atoms with van der Waals surface area (Å²) in [7, 11) is 0. The van der Waals surface area contributed by atoms with Crippen LogP contribution >= 0.6 is 22.6 Å². The van der Waals surface area contributed by atoms with Crippen molar-refractivity contribution in [2.45, 2.75) is 19.9 Å². The highest BCUT2D eigenvalue weighted by Gasteiger charge is 2.16. The van der Waals surface area contributed by atoms with Gasteiger partial charge in [-0.1, -0.05) is 13.8 Å². The fourth-order valence-corrected chi connectivity index (χ4v) is 1.42. The molecule has 0 unspecified atom stereocenters. The highest BCUT2D eigenvalue weighted by Crippen LogP contribution is 2.12. The SMILES string of the molecule is CC(C)[C@@H](N)C(=O)Nc1ccc(I)cc1. The van der Waals surface area contributed by atoms with Crippen LogP contribution in [0, 0.1) is 9.49 Å². The van der Waals surface area contributed by atoms with Crippen LogP contribution in [0.2, 0.25) is 0 Å². The average Bonchev–Trinajstić information content (AvgIpc) is 2.20. The maximum Gasteiger partial charge on any atom is 0.241 e. The van der Waals surface area contributed by atoms with Crippen LogP contribution in [-0.2, 0) is 4.79 Å². The first kappa shape index (κ1) is 12.4. The largest absolute Gasteiger partial charge is 0.325 e. The standard InChI is InChI=1S/C11H15IN2O/c1-7(2)10(13)11(15)14-9-5-3-8(12)4-6-9/h3-7,10H,13H2,1-2H3,(H,14,15)/t10-/m1/s1. The fraction of sp³-hybridized carbons (Fsp3) is 0.364. The number of carbonyl (C=O) groups is 1. The molecule has 0 aliphatic heterocycles. The minimum atomic E-state index is -0.454. The van der Waals surface area contributed by atoms with Crippen molar-refractivity contribution in [2.24, 2.45) is 11.7 Å². The van der Waals surface area contributed by atoms with Crippen LogP contribution in [0.25, 0.3) is 0 Å². The zero-order valence-electron chi connectivity index (χ0n) is 8.83. The summed E-state index contributed by atoms with van der Waals surface area (Å²) in [5, 5.41) is 2.78. The Kier molecular flexibility index (Phi) is 4.53. The zero-order chi connectivity index (χ0) is 11.4. The molecule has 82 valence electrons. The van der Waals surface area contributed by atoms with E-state index in [-0.39, 0.29) is 11.8 Å². The van der Waals surface area contributed by atoms with Gasteiger partial charge >= 0.3 is 0 Å². The molecule has 0 saturated carbocycles. The van der Waals surface area contributed by atoms with Gasteiger partial charge in [0.15, 0.2) is 0 Å². The van der Waals surface area contributed by atoms with Crippen molar-refractivity contribution in [1.82, 2.24) is 0 Å². The number of rotatable bonds is 3. The minimum Gasteiger partial charge on any atom is -0.325 e. The van der Waals surface area contributed by atoms with Gasteiger partial charge < -0.3 is 11.1 Å². The van der Waals surface area contributed by atoms with E-state index in [1.54, 1.807) is 0 Å². The molecule has 1 aromatic rings. The lowest BCUT2D eigenvalue weighted by atomic mass is 10.1. The van der Waals surface area contributed by atoms with Crippen molar-refractivity contribution in [3.63, 3.8) is 0 Å². The summed E-state index contributed by atoms with van der Waals surface area (Å²) in [5.74, 6) is 0.0139. The molecule has 4 heteroatoms. The summed E-state index contributed by atoms with van der Waals surface area (Å²) in [6, 6.07) is 7.16. The second-order valence-corrected chi connectivity index (χ2v) is 5.01. The molecule has 0 heterocycles. The van der Waals surface area contributed by atoms with Gasteiger partial charge in [0.05, 0.1) is 6.04 Å². The summed E-state index contributed by atoms with van der Waals surface area (Å²) in [6.45, 7) is 3.86. The van der Waals surface area contributed by atoms with Crippen molar-refractivity contribution >= 4 is 34.2 Å². The first-order chi connectivity index (χ1) is 7.00. The highest BCUT2D eigenvalue weighted by atomic mass is 127. The molecule has 0 saturated heterocycles. The second-order valence-electron chi connectivity index (χ2n) is 3.77. The van der Waals surface area contributed by atoms with E-state index in [0.717, 1.165) is 9.26 Å². The summed E-state index contributed by atoms with van der Waals surface area (Å²) in [6.07, 6.45) is 0. The van der Waals surface area contributed by atoms with Gasteiger partial charge in [0, 0.05) is 9.26 Å². The Bertz CT molecular complexity index is 335. The molecule has 1 rings (SSSR count). The lowest BCUT2D eigenvalue weighted by Gasteiger charge is -2.15. The number of nitrogens with two attached hydrogens (primary N) is 1. The van der Waals surface area contributed by atoms with Gasteiger partial charge in [-0.15, -0.1) is 0 Å². The third-order valence-corrected chi connectivity index (χ3v) is 2.85. The Morgan fingerprint density at radius 2 is 1.87 bits per heavy atom. The Morgan fingerprint density at radius 1 is 1.33 bits per heavy atom. The molecule has 0 aliphatic rings. The maximum absolute atomic E-state index is 11.6. The molecule has 15 heavy (non-hydrogen) atoms. The van der Waals surface area contributed by atoms with Gasteiger partial charge in [-0.25, -0.2) is 0 Å². The maximum atomic E-state index is 11.6. The van der Waals surface area contributed by atoms with Crippen LogP contribution in [0.3, 0.4) is 0 Å². The fourth-order valence-electron chi connectivity index (χ4n) is 1.06. The average molecular weight is 318 g/mol. The molecule has 0 fully saturated rings. The first-order valence-corrected chi connectivity index (χ1v) is 5.90. The van der Waals surface area contributed by atoms with E-state index < -0.39 is 6.04 Å². The van der Waals surface area contributed by atoms with E-state index in [1.165, 1.54) is 0 Å². The lowest BCUT2D eigenvalue weighted by Crippen LogP contribution is -2.39. The van der Waals surface area contributed by atoms with Gasteiger partial charge in [-0.2, -0.15) is 0 Å². The number of benzene rings is 1. The highest BCUT2D eigenvalue weighted by molar-refractivity contribution is 14.1. The zero-order valence-corrected chi connectivity index (χ0v) is 11.0. The van der Waals surface area contributed by atoms with Gasteiger partial charge in [0.2, 0.25) is 5.91 Å². The number of nitrogens with one attached hydrogen (secondary N) is 1. The second kappa shape index (κ2) is 5.46. The molecule has 0 radical (unpaired) electrons. The molecule has 1 atom stereocenters. The summed E-state index contributed by atoms with van der Waals surface area (Å²) in [4.78, 5) is 11.6. The number of amides is 1. The minimum absolute atomic E-state index is 0.133. The topological polar surface area (TPSA) is 55.1 Å². The van der Waals surface area contributed by atoms with E-state index in [0.29, 0.717) is 0 Å². The third-order valence-electron chi connectivity index (χ3n) is 2.13. The number of hydrogen-bond acceptors (Lipinski definition) is 2. The smallest absolute Gasteiger partial charge is 0.241 e. The summed E-state index contributed by atoms with van der Waals surface area (Å²) in [5.41, 5.74) is 6.51. The normalized spacial score (nSPS) is 12.6. The first-order valence-electron chi connectivity index (χ1n) is 4.82. The predicted octanol–water partition coefficient (Wildman–Crippen LogP) is 2.21. The van der Waals surface area contributed by atoms with Gasteiger partial charge in [-0.05, 0) is 52.8 Å². The van der Waals surface area contributed by atoms with Gasteiger partial charge in [0.25, 0.3) is 0 Å². The quantitative estimate of drug-likeness (QED) is 0.840. The molecular weight excluding hydrogens is 303 g/mol. The van der Waals surface area contributed by atoms with Crippen LogP contribution < -0.4 is 11.1 Å². The number of halogens is 1. The van der Waals surface area contributed by atoms with Gasteiger partial charge in [-0.3, -0.25) is 4.79 Å².